The van der Waals surface area contributed by atoms with Crippen LogP contribution in [-0.4, -0.2) is 18.8 Å². The molecule has 0 radical (unpaired) electrons. The maximum absolute atomic E-state index is 11.9. The fraction of sp³-hybridized carbons (Fsp3) is 0.222. The highest BCUT2D eigenvalue weighted by Gasteiger charge is 2.31. The molecule has 0 saturated carbocycles. The fourth-order valence-corrected chi connectivity index (χ4v) is 2.26. The lowest BCUT2D eigenvalue weighted by atomic mass is 10.2. The molecule has 3 rings (SSSR count). The van der Waals surface area contributed by atoms with Gasteiger partial charge in [0.25, 0.3) is 0 Å². The Hall–Kier alpha value is -3.01. The third-order valence-electron chi connectivity index (χ3n) is 3.36. The van der Waals surface area contributed by atoms with Crippen molar-refractivity contribution in [2.45, 2.75) is 19.2 Å². The van der Waals surface area contributed by atoms with E-state index in [1.54, 1.807) is 17.0 Å². The third kappa shape index (κ3) is 5.84. The summed E-state index contributed by atoms with van der Waals surface area (Å²) in [7, 11) is 0. The zero-order chi connectivity index (χ0) is 18.3. The molecule has 2 aromatic rings. The van der Waals surface area contributed by atoms with Crippen LogP contribution in [0.1, 0.15) is 18.4 Å². The molecule has 1 heterocycles. The molecule has 2 aromatic carbocycles. The van der Waals surface area contributed by atoms with Crippen molar-refractivity contribution >= 4 is 11.6 Å². The summed E-state index contributed by atoms with van der Waals surface area (Å²) >= 11 is 0. The molecule has 1 amide bonds. The first-order valence-electron chi connectivity index (χ1n) is 7.50. The van der Waals surface area contributed by atoms with Crippen molar-refractivity contribution in [3.63, 3.8) is 0 Å². The van der Waals surface area contributed by atoms with Crippen LogP contribution < -0.4 is 9.64 Å². The zero-order valence-corrected chi connectivity index (χ0v) is 13.2. The topological polar surface area (TPSA) is 53.3 Å². The lowest BCUT2D eigenvalue weighted by Crippen LogP contribution is -2.23. The van der Waals surface area contributed by atoms with Gasteiger partial charge in [0.15, 0.2) is 0 Å². The Morgan fingerprint density at radius 3 is 2.12 bits per heavy atom. The molecule has 25 heavy (non-hydrogen) atoms. The Morgan fingerprint density at radius 1 is 1.04 bits per heavy atom. The summed E-state index contributed by atoms with van der Waals surface area (Å²) in [6.45, 7) is 0.609. The lowest BCUT2D eigenvalue weighted by molar-refractivity contribution is -0.274. The molecule has 0 bridgehead atoms. The number of benzene rings is 2. The number of carbonyl (C=O) groups is 1. The highest BCUT2D eigenvalue weighted by atomic mass is 19.4. The van der Waals surface area contributed by atoms with E-state index in [2.05, 4.69) is 4.74 Å². The summed E-state index contributed by atoms with van der Waals surface area (Å²) in [5, 5.41) is 8.29. The number of nitriles is 1. The molecule has 0 aromatic heterocycles. The first-order valence-corrected chi connectivity index (χ1v) is 7.50. The minimum Gasteiger partial charge on any atom is -0.406 e. The molecule has 0 spiro atoms. The van der Waals surface area contributed by atoms with Crippen LogP contribution >= 0.6 is 0 Å². The van der Waals surface area contributed by atoms with Gasteiger partial charge in [0.1, 0.15) is 5.75 Å². The van der Waals surface area contributed by atoms with Gasteiger partial charge in [0.05, 0.1) is 11.6 Å². The standard InChI is InChI=1S/C11H10F3NO2.C7H5N/c12-11(13,14)17-9-5-3-8(4-6-9)15-7-1-2-10(15)16;8-6-7-4-2-1-3-5-7/h3-6H,1-2,7H2;1-5H. The van der Waals surface area contributed by atoms with Gasteiger partial charge in [-0.2, -0.15) is 5.26 Å². The van der Waals surface area contributed by atoms with Crippen LogP contribution in [0.3, 0.4) is 0 Å². The van der Waals surface area contributed by atoms with Crippen molar-refractivity contribution < 1.29 is 22.7 Å². The zero-order valence-electron chi connectivity index (χ0n) is 13.2. The quantitative estimate of drug-likeness (QED) is 0.814. The van der Waals surface area contributed by atoms with E-state index < -0.39 is 6.36 Å². The SMILES string of the molecule is N#Cc1ccccc1.O=C1CCCN1c1ccc(OC(F)(F)F)cc1. The van der Waals surface area contributed by atoms with E-state index in [1.165, 1.54) is 24.3 Å². The molecular weight excluding hydrogens is 333 g/mol. The van der Waals surface area contributed by atoms with Crippen molar-refractivity contribution in [2.75, 3.05) is 11.4 Å². The molecule has 1 aliphatic heterocycles. The molecule has 1 fully saturated rings. The van der Waals surface area contributed by atoms with Crippen LogP contribution in [0, 0.1) is 11.3 Å². The molecule has 0 unspecified atom stereocenters. The Kier molecular flexibility index (Phi) is 6.01. The van der Waals surface area contributed by atoms with Gasteiger partial charge in [0, 0.05) is 18.7 Å². The third-order valence-corrected chi connectivity index (χ3v) is 3.36. The fourth-order valence-electron chi connectivity index (χ4n) is 2.26. The average Bonchev–Trinajstić information content (AvgIpc) is 3.01. The van der Waals surface area contributed by atoms with Crippen LogP contribution in [0.15, 0.2) is 54.6 Å². The smallest absolute Gasteiger partial charge is 0.406 e. The van der Waals surface area contributed by atoms with Crippen LogP contribution in [-0.2, 0) is 4.79 Å². The van der Waals surface area contributed by atoms with Crippen molar-refractivity contribution in [3.8, 4) is 11.8 Å². The number of carbonyl (C=O) groups excluding carboxylic acids is 1. The van der Waals surface area contributed by atoms with E-state index in [-0.39, 0.29) is 11.7 Å². The van der Waals surface area contributed by atoms with Gasteiger partial charge < -0.3 is 9.64 Å². The van der Waals surface area contributed by atoms with E-state index in [0.717, 1.165) is 6.42 Å². The largest absolute Gasteiger partial charge is 0.573 e. The number of ether oxygens (including phenoxy) is 1. The van der Waals surface area contributed by atoms with E-state index in [1.807, 2.05) is 24.3 Å². The van der Waals surface area contributed by atoms with Crippen molar-refractivity contribution in [3.05, 3.63) is 60.2 Å². The second-order valence-corrected chi connectivity index (χ2v) is 5.17. The Morgan fingerprint density at radius 2 is 1.68 bits per heavy atom. The molecular formula is C18H15F3N2O2. The monoisotopic (exact) mass is 348 g/mol. The van der Waals surface area contributed by atoms with Gasteiger partial charge in [-0.1, -0.05) is 18.2 Å². The van der Waals surface area contributed by atoms with Crippen LogP contribution in [0.2, 0.25) is 0 Å². The van der Waals surface area contributed by atoms with Gasteiger partial charge in [-0.25, -0.2) is 0 Å². The molecule has 0 aliphatic carbocycles. The van der Waals surface area contributed by atoms with Crippen molar-refractivity contribution in [1.82, 2.24) is 0 Å². The van der Waals surface area contributed by atoms with E-state index in [4.69, 9.17) is 5.26 Å². The number of amides is 1. The summed E-state index contributed by atoms with van der Waals surface area (Å²) < 4.78 is 39.5. The Balaban J connectivity index is 0.000000236. The summed E-state index contributed by atoms with van der Waals surface area (Å²) in [5.74, 6) is -0.289. The normalized spacial score (nSPS) is 13.7. The number of alkyl halides is 3. The molecule has 1 saturated heterocycles. The molecule has 130 valence electrons. The maximum Gasteiger partial charge on any atom is 0.573 e. The summed E-state index contributed by atoms with van der Waals surface area (Å²) in [5.41, 5.74) is 1.31. The first-order chi connectivity index (χ1) is 11.9. The van der Waals surface area contributed by atoms with Crippen LogP contribution in [0.25, 0.3) is 0 Å². The van der Waals surface area contributed by atoms with Crippen LogP contribution in [0.5, 0.6) is 5.75 Å². The minimum atomic E-state index is -4.69. The van der Waals surface area contributed by atoms with E-state index in [0.29, 0.717) is 24.2 Å². The summed E-state index contributed by atoms with van der Waals surface area (Å²) in [6.07, 6.45) is -3.43. The lowest BCUT2D eigenvalue weighted by Gasteiger charge is -2.16. The van der Waals surface area contributed by atoms with Gasteiger partial charge in [0.2, 0.25) is 5.91 Å². The van der Waals surface area contributed by atoms with Crippen molar-refractivity contribution in [1.29, 1.82) is 5.26 Å². The minimum absolute atomic E-state index is 0.00510. The van der Waals surface area contributed by atoms with Crippen molar-refractivity contribution in [2.24, 2.45) is 0 Å². The highest BCUT2D eigenvalue weighted by molar-refractivity contribution is 5.95. The number of hydrogen-bond acceptors (Lipinski definition) is 3. The molecule has 0 atom stereocenters. The molecule has 1 aliphatic rings. The van der Waals surface area contributed by atoms with Crippen LogP contribution in [0.4, 0.5) is 18.9 Å². The second kappa shape index (κ2) is 8.20. The summed E-state index contributed by atoms with van der Waals surface area (Å²) in [4.78, 5) is 13.0. The molecule has 0 N–H and O–H groups in total. The molecule has 4 nitrogen and oxygen atoms in total. The van der Waals surface area contributed by atoms with Gasteiger partial charge in [-0.3, -0.25) is 4.79 Å². The highest BCUT2D eigenvalue weighted by Crippen LogP contribution is 2.27. The average molecular weight is 348 g/mol. The van der Waals surface area contributed by atoms with Gasteiger partial charge in [-0.05, 0) is 42.8 Å². The second-order valence-electron chi connectivity index (χ2n) is 5.17. The van der Waals surface area contributed by atoms with E-state index in [9.17, 15) is 18.0 Å². The Labute approximate surface area is 143 Å². The Bertz CT molecular complexity index is 738. The maximum atomic E-state index is 11.9. The number of anilines is 1. The number of nitrogens with zero attached hydrogens (tertiary/aromatic N) is 2. The summed E-state index contributed by atoms with van der Waals surface area (Å²) in [6, 6.07) is 16.5. The van der Waals surface area contributed by atoms with E-state index >= 15 is 0 Å². The number of hydrogen-bond donors (Lipinski definition) is 0. The molecule has 7 heteroatoms. The predicted molar refractivity (Wildman–Crippen MR) is 85.9 cm³/mol. The number of rotatable bonds is 2. The van der Waals surface area contributed by atoms with Gasteiger partial charge in [-0.15, -0.1) is 13.2 Å². The first kappa shape index (κ1) is 18.3. The van der Waals surface area contributed by atoms with Gasteiger partial charge >= 0.3 is 6.36 Å². The predicted octanol–water partition coefficient (Wildman–Crippen LogP) is 4.27. The number of halogens is 3.